The predicted molar refractivity (Wildman–Crippen MR) is 139 cm³/mol. The third kappa shape index (κ3) is 7.06. The van der Waals surface area contributed by atoms with Gasteiger partial charge < -0.3 is 19.5 Å². The van der Waals surface area contributed by atoms with Crippen molar-refractivity contribution >= 4 is 17.2 Å². The number of rotatable bonds is 12. The van der Waals surface area contributed by atoms with Crippen molar-refractivity contribution in [3.05, 3.63) is 82.3 Å². The van der Waals surface area contributed by atoms with Gasteiger partial charge in [0.1, 0.15) is 36.6 Å². The SMILES string of the molecule is CCCN(CC(=O)N1CCc2sccc2[C@H]1COc1ccc(F)cc1)C[C@@H](O)COc1ccccc1. The maximum absolute atomic E-state index is 13.5. The summed E-state index contributed by atoms with van der Waals surface area (Å²) in [4.78, 5) is 18.7. The van der Waals surface area contributed by atoms with Crippen LogP contribution in [-0.4, -0.2) is 66.3 Å². The van der Waals surface area contributed by atoms with Gasteiger partial charge in [0.2, 0.25) is 5.91 Å². The van der Waals surface area contributed by atoms with Crippen molar-refractivity contribution < 1.29 is 23.8 Å². The topological polar surface area (TPSA) is 62.2 Å². The summed E-state index contributed by atoms with van der Waals surface area (Å²) in [6.45, 7) is 4.38. The lowest BCUT2D eigenvalue weighted by atomic mass is 10.0. The van der Waals surface area contributed by atoms with E-state index in [0.717, 1.165) is 18.4 Å². The van der Waals surface area contributed by atoms with Crippen LogP contribution in [0.5, 0.6) is 11.5 Å². The molecule has 2 heterocycles. The quantitative estimate of drug-likeness (QED) is 0.386. The summed E-state index contributed by atoms with van der Waals surface area (Å²) in [5, 5.41) is 12.6. The molecule has 1 aliphatic heterocycles. The second-order valence-electron chi connectivity index (χ2n) is 8.93. The molecule has 36 heavy (non-hydrogen) atoms. The maximum Gasteiger partial charge on any atom is 0.237 e. The Labute approximate surface area is 215 Å². The number of fused-ring (bicyclic) bond motifs is 1. The standard InChI is InChI=1S/C28H33FN2O4S/c1-2-14-30(17-22(32)19-34-23-6-4-3-5-7-23)18-28(33)31-15-12-27-25(13-16-36-27)26(31)20-35-24-10-8-21(29)9-11-24/h3-11,13,16,22,26,32H,2,12,14-15,17-20H2,1H3/t22-,26-/m1/s1. The van der Waals surface area contributed by atoms with Crippen molar-refractivity contribution in [1.29, 1.82) is 0 Å². The number of halogens is 1. The number of ether oxygens (including phenoxy) is 2. The Kier molecular flexibility index (Phi) is 9.33. The Balaban J connectivity index is 1.38. The van der Waals surface area contributed by atoms with Crippen LogP contribution >= 0.6 is 11.3 Å². The normalized spacial score (nSPS) is 16.0. The molecular weight excluding hydrogens is 479 g/mol. The monoisotopic (exact) mass is 512 g/mol. The maximum atomic E-state index is 13.5. The number of thiophene rings is 1. The van der Waals surface area contributed by atoms with Crippen molar-refractivity contribution in [1.82, 2.24) is 9.80 Å². The van der Waals surface area contributed by atoms with E-state index in [1.54, 1.807) is 23.5 Å². The number of benzene rings is 2. The molecule has 3 aromatic rings. The average molecular weight is 513 g/mol. The van der Waals surface area contributed by atoms with Crippen LogP contribution in [0.25, 0.3) is 0 Å². The van der Waals surface area contributed by atoms with E-state index in [-0.39, 0.29) is 30.9 Å². The van der Waals surface area contributed by atoms with E-state index < -0.39 is 6.10 Å². The van der Waals surface area contributed by atoms with Crippen LogP contribution in [0.2, 0.25) is 0 Å². The van der Waals surface area contributed by atoms with E-state index in [9.17, 15) is 14.3 Å². The van der Waals surface area contributed by atoms with Gasteiger partial charge in [-0.3, -0.25) is 9.69 Å². The molecule has 1 aromatic heterocycles. The number of aliphatic hydroxyl groups is 1. The Morgan fingerprint density at radius 1 is 1.14 bits per heavy atom. The Bertz CT molecular complexity index is 1090. The molecule has 1 amide bonds. The summed E-state index contributed by atoms with van der Waals surface area (Å²) in [6, 6.07) is 17.2. The Hall–Kier alpha value is -2.94. The Morgan fingerprint density at radius 2 is 1.89 bits per heavy atom. The van der Waals surface area contributed by atoms with E-state index in [1.807, 2.05) is 40.1 Å². The average Bonchev–Trinajstić information content (AvgIpc) is 3.37. The zero-order valence-electron chi connectivity index (χ0n) is 20.5. The number of hydrogen-bond donors (Lipinski definition) is 1. The van der Waals surface area contributed by atoms with Gasteiger partial charge in [0.15, 0.2) is 0 Å². The number of aliphatic hydroxyl groups excluding tert-OH is 1. The largest absolute Gasteiger partial charge is 0.491 e. The molecule has 0 radical (unpaired) electrons. The Morgan fingerprint density at radius 3 is 2.64 bits per heavy atom. The molecule has 192 valence electrons. The first-order valence-electron chi connectivity index (χ1n) is 12.4. The zero-order chi connectivity index (χ0) is 25.3. The lowest BCUT2D eigenvalue weighted by Gasteiger charge is -2.37. The number of nitrogens with zero attached hydrogens (tertiary/aromatic N) is 2. The first-order chi connectivity index (χ1) is 17.5. The first kappa shape index (κ1) is 26.1. The molecule has 0 spiro atoms. The summed E-state index contributed by atoms with van der Waals surface area (Å²) in [5.74, 6) is 0.965. The third-order valence-electron chi connectivity index (χ3n) is 6.19. The molecule has 0 fully saturated rings. The highest BCUT2D eigenvalue weighted by Crippen LogP contribution is 2.34. The summed E-state index contributed by atoms with van der Waals surface area (Å²) in [7, 11) is 0. The van der Waals surface area contributed by atoms with Gasteiger partial charge in [0, 0.05) is 18.0 Å². The second-order valence-corrected chi connectivity index (χ2v) is 9.93. The van der Waals surface area contributed by atoms with Crippen LogP contribution < -0.4 is 9.47 Å². The van der Waals surface area contributed by atoms with Gasteiger partial charge in [0.05, 0.1) is 12.6 Å². The molecular formula is C28H33FN2O4S. The molecule has 4 rings (SSSR count). The third-order valence-corrected chi connectivity index (χ3v) is 7.19. The summed E-state index contributed by atoms with van der Waals surface area (Å²) < 4.78 is 24.9. The van der Waals surface area contributed by atoms with Crippen LogP contribution in [0.15, 0.2) is 66.0 Å². The fourth-order valence-corrected chi connectivity index (χ4v) is 5.40. The minimum absolute atomic E-state index is 0.00387. The molecule has 0 saturated heterocycles. The molecule has 1 aliphatic rings. The van der Waals surface area contributed by atoms with Crippen LogP contribution in [0.4, 0.5) is 4.39 Å². The van der Waals surface area contributed by atoms with E-state index in [2.05, 4.69) is 18.4 Å². The van der Waals surface area contributed by atoms with Gasteiger partial charge in [0.25, 0.3) is 0 Å². The molecule has 6 nitrogen and oxygen atoms in total. The number of carbonyl (C=O) groups is 1. The summed E-state index contributed by atoms with van der Waals surface area (Å²) >= 11 is 1.70. The molecule has 1 N–H and O–H groups in total. The van der Waals surface area contributed by atoms with Gasteiger partial charge in [-0.2, -0.15) is 0 Å². The summed E-state index contributed by atoms with van der Waals surface area (Å²) in [6.07, 6.45) is 0.963. The van der Waals surface area contributed by atoms with Crippen molar-refractivity contribution in [2.24, 2.45) is 0 Å². The van der Waals surface area contributed by atoms with Crippen molar-refractivity contribution in [3.8, 4) is 11.5 Å². The fourth-order valence-electron chi connectivity index (χ4n) is 4.47. The lowest BCUT2D eigenvalue weighted by molar-refractivity contribution is -0.136. The van der Waals surface area contributed by atoms with E-state index >= 15 is 0 Å². The first-order valence-corrected chi connectivity index (χ1v) is 13.2. The number of hydrogen-bond acceptors (Lipinski definition) is 6. The smallest absolute Gasteiger partial charge is 0.237 e. The minimum atomic E-state index is -0.716. The van der Waals surface area contributed by atoms with Crippen LogP contribution in [0.3, 0.4) is 0 Å². The molecule has 0 bridgehead atoms. The molecule has 0 aliphatic carbocycles. The van der Waals surface area contributed by atoms with E-state index in [1.165, 1.54) is 17.0 Å². The lowest BCUT2D eigenvalue weighted by Crippen LogP contribution is -2.48. The van der Waals surface area contributed by atoms with E-state index in [4.69, 9.17) is 9.47 Å². The van der Waals surface area contributed by atoms with Crippen molar-refractivity contribution in [2.45, 2.75) is 31.9 Å². The fraction of sp³-hybridized carbons (Fsp3) is 0.393. The molecule has 0 unspecified atom stereocenters. The zero-order valence-corrected chi connectivity index (χ0v) is 21.3. The molecule has 0 saturated carbocycles. The highest BCUT2D eigenvalue weighted by molar-refractivity contribution is 7.10. The summed E-state index contributed by atoms with van der Waals surface area (Å²) in [5.41, 5.74) is 1.11. The van der Waals surface area contributed by atoms with Gasteiger partial charge in [-0.15, -0.1) is 11.3 Å². The van der Waals surface area contributed by atoms with Gasteiger partial charge in [-0.1, -0.05) is 25.1 Å². The minimum Gasteiger partial charge on any atom is -0.491 e. The molecule has 2 atom stereocenters. The van der Waals surface area contributed by atoms with Crippen LogP contribution in [-0.2, 0) is 11.2 Å². The predicted octanol–water partition coefficient (Wildman–Crippen LogP) is 4.54. The molecule has 8 heteroatoms. The van der Waals surface area contributed by atoms with Crippen LogP contribution in [0, 0.1) is 5.82 Å². The van der Waals surface area contributed by atoms with Crippen LogP contribution in [0.1, 0.15) is 29.8 Å². The molecule has 2 aromatic carbocycles. The van der Waals surface area contributed by atoms with E-state index in [0.29, 0.717) is 37.7 Å². The highest BCUT2D eigenvalue weighted by atomic mass is 32.1. The van der Waals surface area contributed by atoms with Gasteiger partial charge in [-0.25, -0.2) is 4.39 Å². The van der Waals surface area contributed by atoms with Gasteiger partial charge in [-0.05, 0) is 72.8 Å². The number of carbonyl (C=O) groups excluding carboxylic acids is 1. The number of amides is 1. The number of para-hydroxylation sites is 1. The van der Waals surface area contributed by atoms with Crippen molar-refractivity contribution in [2.75, 3.05) is 39.4 Å². The second kappa shape index (κ2) is 12.9. The van der Waals surface area contributed by atoms with Gasteiger partial charge >= 0.3 is 0 Å². The highest BCUT2D eigenvalue weighted by Gasteiger charge is 2.33. The van der Waals surface area contributed by atoms with Crippen molar-refractivity contribution in [3.63, 3.8) is 0 Å².